The number of carbonyl (C=O) groups excluding carboxylic acids is 1. The largest absolute Gasteiger partial charge is 0.489 e. The zero-order valence-electron chi connectivity index (χ0n) is 25.7. The third kappa shape index (κ3) is 6.22. The third-order valence-corrected chi connectivity index (χ3v) is 9.55. The number of rotatable bonds is 9. The van der Waals surface area contributed by atoms with Crippen molar-refractivity contribution in [2.24, 2.45) is 4.99 Å². The van der Waals surface area contributed by atoms with Crippen molar-refractivity contribution >= 4 is 40.8 Å². The smallest absolute Gasteiger partial charge is 0.338 e. The van der Waals surface area contributed by atoms with Gasteiger partial charge in [0, 0.05) is 10.5 Å². The average molecular weight is 663 g/mol. The zero-order chi connectivity index (χ0) is 32.3. The molecule has 5 aromatic rings. The van der Waals surface area contributed by atoms with E-state index >= 15 is 0 Å². The lowest BCUT2D eigenvalue weighted by Crippen LogP contribution is -2.40. The molecule has 1 aromatic heterocycles. The number of aromatic nitrogens is 1. The Labute approximate surface area is 279 Å². The molecule has 0 fully saturated rings. The fourth-order valence-electron chi connectivity index (χ4n) is 5.55. The molecule has 1 atom stereocenters. The van der Waals surface area contributed by atoms with Gasteiger partial charge in [-0.2, -0.15) is 0 Å². The van der Waals surface area contributed by atoms with E-state index in [1.54, 1.807) is 23.3 Å². The molecule has 8 nitrogen and oxygen atoms in total. The molecule has 7 rings (SSSR count). The molecule has 0 saturated carbocycles. The summed E-state index contributed by atoms with van der Waals surface area (Å²) in [6, 6.07) is 30.0. The van der Waals surface area contributed by atoms with Crippen LogP contribution in [0.15, 0.2) is 117 Å². The molecule has 3 heterocycles. The molecule has 0 N–H and O–H groups in total. The van der Waals surface area contributed by atoms with Crippen molar-refractivity contribution < 1.29 is 23.7 Å². The number of hydrogen-bond donors (Lipinski definition) is 0. The number of hydrogen-bond acceptors (Lipinski definition) is 9. The molecule has 0 bridgehead atoms. The number of benzene rings is 4. The summed E-state index contributed by atoms with van der Waals surface area (Å²) in [7, 11) is 0. The highest BCUT2D eigenvalue weighted by Gasteiger charge is 2.35. The molecule has 10 heteroatoms. The van der Waals surface area contributed by atoms with Crippen LogP contribution in [0, 0.1) is 0 Å². The van der Waals surface area contributed by atoms with Gasteiger partial charge >= 0.3 is 5.97 Å². The first-order valence-corrected chi connectivity index (χ1v) is 17.1. The predicted molar refractivity (Wildman–Crippen MR) is 183 cm³/mol. The number of esters is 1. The summed E-state index contributed by atoms with van der Waals surface area (Å²) in [5, 5.41) is 0. The van der Waals surface area contributed by atoms with E-state index in [2.05, 4.69) is 0 Å². The molecule has 0 unspecified atom stereocenters. The van der Waals surface area contributed by atoms with Crippen LogP contribution in [0.25, 0.3) is 11.8 Å². The van der Waals surface area contributed by atoms with E-state index < -0.39 is 12.0 Å². The molecule has 0 aliphatic carbocycles. The fraction of sp³-hybridized carbons (Fsp3) is 0.162. The maximum Gasteiger partial charge on any atom is 0.338 e. The van der Waals surface area contributed by atoms with Crippen LogP contribution in [0.1, 0.15) is 35.2 Å². The standard InChI is InChI=1S/C37H30N2O6S2/c1-3-42-36(41)32-33(25-7-5-4-6-8-25)38-37-39(34(32)26-12-16-28(46-2)17-13-26)35(40)31(47-37)20-23-9-14-27(15-10-23)43-21-24-11-18-29-30(19-24)45-22-44-29/h4-20,34H,3,21-22H2,1-2H3/b31-20-/t34-/m1/s1. The molecule has 0 amide bonds. The molecule has 2 aliphatic heterocycles. The van der Waals surface area contributed by atoms with Crippen molar-refractivity contribution in [3.05, 3.63) is 145 Å². The first kappa shape index (κ1) is 30.6. The summed E-state index contributed by atoms with van der Waals surface area (Å²) in [6.07, 6.45) is 3.85. The third-order valence-electron chi connectivity index (χ3n) is 7.83. The number of thiazole rings is 1. The normalized spacial score (nSPS) is 15.3. The van der Waals surface area contributed by atoms with Crippen LogP contribution >= 0.6 is 23.1 Å². The first-order valence-electron chi connectivity index (χ1n) is 15.1. The quantitative estimate of drug-likeness (QED) is 0.142. The van der Waals surface area contributed by atoms with E-state index in [4.69, 9.17) is 23.9 Å². The Bertz CT molecular complexity index is 2150. The fourth-order valence-corrected chi connectivity index (χ4v) is 6.96. The summed E-state index contributed by atoms with van der Waals surface area (Å²) < 4.78 is 24.5. The van der Waals surface area contributed by atoms with Gasteiger partial charge in [0.15, 0.2) is 16.3 Å². The van der Waals surface area contributed by atoms with Crippen molar-refractivity contribution in [2.45, 2.75) is 24.5 Å². The van der Waals surface area contributed by atoms with Gasteiger partial charge in [-0.25, -0.2) is 9.79 Å². The summed E-state index contributed by atoms with van der Waals surface area (Å²) in [4.78, 5) is 34.3. The highest BCUT2D eigenvalue weighted by Crippen LogP contribution is 2.36. The van der Waals surface area contributed by atoms with Crippen molar-refractivity contribution in [2.75, 3.05) is 19.7 Å². The molecule has 0 spiro atoms. The van der Waals surface area contributed by atoms with Gasteiger partial charge in [0.2, 0.25) is 6.79 Å². The molecule has 0 saturated heterocycles. The van der Waals surface area contributed by atoms with Crippen molar-refractivity contribution in [1.82, 2.24) is 4.57 Å². The lowest BCUT2D eigenvalue weighted by Gasteiger charge is -2.26. The molecule has 47 heavy (non-hydrogen) atoms. The van der Waals surface area contributed by atoms with E-state index in [-0.39, 0.29) is 19.0 Å². The summed E-state index contributed by atoms with van der Waals surface area (Å²) in [5.41, 5.74) is 3.97. The maximum absolute atomic E-state index is 14.2. The second kappa shape index (κ2) is 13.4. The van der Waals surface area contributed by atoms with Crippen LogP contribution in [-0.2, 0) is 16.1 Å². The van der Waals surface area contributed by atoms with Crippen LogP contribution in [0.3, 0.4) is 0 Å². The van der Waals surface area contributed by atoms with Crippen molar-refractivity contribution in [3.63, 3.8) is 0 Å². The van der Waals surface area contributed by atoms with Gasteiger partial charge in [0.25, 0.3) is 5.56 Å². The first-order chi connectivity index (χ1) is 23.0. The van der Waals surface area contributed by atoms with Crippen LogP contribution in [0.5, 0.6) is 17.2 Å². The number of fused-ring (bicyclic) bond motifs is 2. The Kier molecular flexibility index (Phi) is 8.69. The van der Waals surface area contributed by atoms with E-state index in [9.17, 15) is 9.59 Å². The van der Waals surface area contributed by atoms with Crippen LogP contribution in [0.4, 0.5) is 0 Å². The number of ether oxygens (including phenoxy) is 4. The van der Waals surface area contributed by atoms with Gasteiger partial charge in [0.1, 0.15) is 12.4 Å². The molecular formula is C37H30N2O6S2. The van der Waals surface area contributed by atoms with Crippen LogP contribution in [0.2, 0.25) is 0 Å². The van der Waals surface area contributed by atoms with Gasteiger partial charge in [-0.15, -0.1) is 11.8 Å². The highest BCUT2D eigenvalue weighted by molar-refractivity contribution is 7.98. The Hall–Kier alpha value is -5.06. The minimum Gasteiger partial charge on any atom is -0.489 e. The van der Waals surface area contributed by atoms with E-state index in [0.717, 1.165) is 32.9 Å². The van der Waals surface area contributed by atoms with E-state index in [0.29, 0.717) is 38.7 Å². The SMILES string of the molecule is CCOC(=O)C1=C(c2ccccc2)N=c2s/c(=C\c3ccc(OCc4ccc5c(c4)OCO5)cc3)c(=O)n2[C@@H]1c1ccc(SC)cc1. The minimum absolute atomic E-state index is 0.198. The Balaban J connectivity index is 1.26. The molecule has 236 valence electrons. The average Bonchev–Trinajstić information content (AvgIpc) is 3.71. The monoisotopic (exact) mass is 662 g/mol. The highest BCUT2D eigenvalue weighted by atomic mass is 32.2. The topological polar surface area (TPSA) is 88.4 Å². The molecular weight excluding hydrogens is 633 g/mol. The Morgan fingerprint density at radius 2 is 1.77 bits per heavy atom. The lowest BCUT2D eigenvalue weighted by molar-refractivity contribution is -0.138. The minimum atomic E-state index is -0.717. The van der Waals surface area contributed by atoms with Crippen molar-refractivity contribution in [3.8, 4) is 17.2 Å². The van der Waals surface area contributed by atoms with Crippen LogP contribution < -0.4 is 29.1 Å². The second-order valence-corrected chi connectivity index (χ2v) is 12.6. The van der Waals surface area contributed by atoms with Gasteiger partial charge in [-0.05, 0) is 72.3 Å². The molecule has 0 radical (unpaired) electrons. The van der Waals surface area contributed by atoms with E-state index in [1.165, 1.54) is 11.3 Å². The molecule has 4 aromatic carbocycles. The second-order valence-electron chi connectivity index (χ2n) is 10.7. The summed E-state index contributed by atoms with van der Waals surface area (Å²) in [5.74, 6) is 1.64. The maximum atomic E-state index is 14.2. The summed E-state index contributed by atoms with van der Waals surface area (Å²) in [6.45, 7) is 2.57. The number of nitrogens with zero attached hydrogens (tertiary/aromatic N) is 2. The van der Waals surface area contributed by atoms with Gasteiger partial charge in [0.05, 0.1) is 28.5 Å². The van der Waals surface area contributed by atoms with Gasteiger partial charge in [-0.3, -0.25) is 9.36 Å². The lowest BCUT2D eigenvalue weighted by atomic mass is 9.93. The number of carbonyl (C=O) groups is 1. The van der Waals surface area contributed by atoms with Gasteiger partial charge in [-0.1, -0.05) is 72.0 Å². The summed E-state index contributed by atoms with van der Waals surface area (Å²) >= 11 is 2.92. The predicted octanol–water partition coefficient (Wildman–Crippen LogP) is 5.97. The Morgan fingerprint density at radius 1 is 1.00 bits per heavy atom. The zero-order valence-corrected chi connectivity index (χ0v) is 27.3. The number of thioether (sulfide) groups is 1. The van der Waals surface area contributed by atoms with Gasteiger partial charge < -0.3 is 18.9 Å². The molecule has 2 aliphatic rings. The van der Waals surface area contributed by atoms with E-state index in [1.807, 2.05) is 109 Å². The van der Waals surface area contributed by atoms with Crippen molar-refractivity contribution in [1.29, 1.82) is 0 Å². The van der Waals surface area contributed by atoms with Crippen LogP contribution in [-0.4, -0.2) is 30.2 Å². The Morgan fingerprint density at radius 3 is 2.51 bits per heavy atom.